The first-order valence-electron chi connectivity index (χ1n) is 6.83. The molecule has 2 aliphatic rings. The normalized spacial score (nSPS) is 33.7. The van der Waals surface area contributed by atoms with Crippen LogP contribution in [-0.2, 0) is 19.5 Å². The van der Waals surface area contributed by atoms with E-state index in [9.17, 15) is 8.42 Å². The Morgan fingerprint density at radius 1 is 1.16 bits per heavy atom. The van der Waals surface area contributed by atoms with Gasteiger partial charge >= 0.3 is 0 Å². The molecule has 0 saturated carbocycles. The quantitative estimate of drug-likeness (QED) is 0.760. The van der Waals surface area contributed by atoms with Crippen molar-refractivity contribution in [3.63, 3.8) is 0 Å². The van der Waals surface area contributed by atoms with Crippen LogP contribution in [0.25, 0.3) is 0 Å². The van der Waals surface area contributed by atoms with Crippen LogP contribution in [-0.4, -0.2) is 70.6 Å². The van der Waals surface area contributed by atoms with Gasteiger partial charge in [0, 0.05) is 33.4 Å². The maximum atomic E-state index is 12.4. The van der Waals surface area contributed by atoms with Crippen LogP contribution < -0.4 is 5.32 Å². The molecule has 2 rings (SSSR count). The number of nitrogens with one attached hydrogen (secondary N) is 1. The molecule has 3 atom stereocenters. The number of hydrogen-bond donors (Lipinski definition) is 1. The molecule has 0 radical (unpaired) electrons. The molecule has 6 nitrogen and oxygen atoms in total. The van der Waals surface area contributed by atoms with Crippen molar-refractivity contribution in [1.82, 2.24) is 9.62 Å². The smallest absolute Gasteiger partial charge is 0.215 e. The first-order chi connectivity index (χ1) is 9.06. The molecule has 2 aliphatic heterocycles. The summed E-state index contributed by atoms with van der Waals surface area (Å²) in [6, 6.07) is 0.0846. The number of ether oxygens (including phenoxy) is 2. The monoisotopic (exact) mass is 292 g/mol. The topological polar surface area (TPSA) is 67.9 Å². The van der Waals surface area contributed by atoms with Gasteiger partial charge in [-0.3, -0.25) is 0 Å². The summed E-state index contributed by atoms with van der Waals surface area (Å²) < 4.78 is 36.9. The van der Waals surface area contributed by atoms with E-state index in [1.165, 1.54) is 4.31 Å². The third kappa shape index (κ3) is 3.66. The molecule has 112 valence electrons. The molecule has 2 heterocycles. The van der Waals surface area contributed by atoms with Gasteiger partial charge in [0.25, 0.3) is 0 Å². The van der Waals surface area contributed by atoms with Gasteiger partial charge in [0.2, 0.25) is 10.0 Å². The van der Waals surface area contributed by atoms with Crippen LogP contribution in [0.15, 0.2) is 0 Å². The number of sulfonamides is 1. The van der Waals surface area contributed by atoms with E-state index >= 15 is 0 Å². The third-order valence-electron chi connectivity index (χ3n) is 4.00. The van der Waals surface area contributed by atoms with Crippen molar-refractivity contribution < 1.29 is 17.9 Å². The zero-order valence-corrected chi connectivity index (χ0v) is 12.5. The van der Waals surface area contributed by atoms with E-state index in [-0.39, 0.29) is 24.0 Å². The Hall–Kier alpha value is -0.210. The highest BCUT2D eigenvalue weighted by atomic mass is 32.2. The van der Waals surface area contributed by atoms with Crippen LogP contribution in [0.5, 0.6) is 0 Å². The molecule has 0 aromatic carbocycles. The first kappa shape index (κ1) is 15.2. The summed E-state index contributed by atoms with van der Waals surface area (Å²) in [6.07, 6.45) is 2.85. The number of nitrogens with zero attached hydrogens (tertiary/aromatic N) is 1. The highest BCUT2D eigenvalue weighted by Gasteiger charge is 2.39. The van der Waals surface area contributed by atoms with Gasteiger partial charge < -0.3 is 14.8 Å². The highest BCUT2D eigenvalue weighted by Crippen LogP contribution is 2.20. The van der Waals surface area contributed by atoms with Gasteiger partial charge in [-0.2, -0.15) is 4.31 Å². The molecule has 0 aromatic heterocycles. The molecule has 2 fully saturated rings. The number of methoxy groups -OCH3 is 2. The predicted molar refractivity (Wildman–Crippen MR) is 72.6 cm³/mol. The van der Waals surface area contributed by atoms with Crippen LogP contribution in [0.2, 0.25) is 0 Å². The van der Waals surface area contributed by atoms with Gasteiger partial charge in [0.1, 0.15) is 0 Å². The molecule has 0 bridgehead atoms. The van der Waals surface area contributed by atoms with Crippen LogP contribution in [0.4, 0.5) is 0 Å². The summed E-state index contributed by atoms with van der Waals surface area (Å²) in [4.78, 5) is 0. The van der Waals surface area contributed by atoms with E-state index in [0.717, 1.165) is 25.8 Å². The SMILES string of the molecule is COC1CN(S(=O)(=O)CC2CCCCN2)CC1OC. The molecule has 3 unspecified atom stereocenters. The number of rotatable bonds is 5. The molecule has 0 amide bonds. The number of piperidine rings is 1. The largest absolute Gasteiger partial charge is 0.377 e. The molecule has 2 saturated heterocycles. The van der Waals surface area contributed by atoms with Gasteiger partial charge in [-0.1, -0.05) is 6.42 Å². The lowest BCUT2D eigenvalue weighted by Gasteiger charge is -2.25. The van der Waals surface area contributed by atoms with Gasteiger partial charge in [-0.25, -0.2) is 8.42 Å². The summed E-state index contributed by atoms with van der Waals surface area (Å²) in [5.74, 6) is 0.180. The summed E-state index contributed by atoms with van der Waals surface area (Å²) in [5, 5.41) is 3.28. The van der Waals surface area contributed by atoms with Gasteiger partial charge in [0.15, 0.2) is 0 Å². The van der Waals surface area contributed by atoms with Crippen molar-refractivity contribution in [1.29, 1.82) is 0 Å². The first-order valence-corrected chi connectivity index (χ1v) is 8.44. The lowest BCUT2D eigenvalue weighted by molar-refractivity contribution is -0.00461. The second-order valence-corrected chi connectivity index (χ2v) is 7.30. The fourth-order valence-electron chi connectivity index (χ4n) is 2.82. The molecule has 0 spiro atoms. The van der Waals surface area contributed by atoms with Crippen molar-refractivity contribution in [2.75, 3.05) is 39.6 Å². The van der Waals surface area contributed by atoms with Crippen molar-refractivity contribution >= 4 is 10.0 Å². The Labute approximate surface area is 115 Å². The molecule has 0 aliphatic carbocycles. The van der Waals surface area contributed by atoms with E-state index < -0.39 is 10.0 Å². The minimum absolute atomic E-state index is 0.0846. The van der Waals surface area contributed by atoms with E-state index in [2.05, 4.69) is 5.32 Å². The minimum atomic E-state index is -3.23. The second-order valence-electron chi connectivity index (χ2n) is 5.29. The van der Waals surface area contributed by atoms with Crippen molar-refractivity contribution in [3.05, 3.63) is 0 Å². The minimum Gasteiger partial charge on any atom is -0.377 e. The Morgan fingerprint density at radius 3 is 2.26 bits per heavy atom. The van der Waals surface area contributed by atoms with Crippen LogP contribution in [0, 0.1) is 0 Å². The fourth-order valence-corrected chi connectivity index (χ4v) is 4.57. The molecule has 0 aromatic rings. The van der Waals surface area contributed by atoms with E-state index in [1.807, 2.05) is 0 Å². The van der Waals surface area contributed by atoms with Crippen molar-refractivity contribution in [2.45, 2.75) is 37.5 Å². The standard InChI is InChI=1S/C12H24N2O4S/c1-17-11-7-14(8-12(11)18-2)19(15,16)9-10-5-3-4-6-13-10/h10-13H,3-9H2,1-2H3. The van der Waals surface area contributed by atoms with E-state index in [1.54, 1.807) is 14.2 Å². The highest BCUT2D eigenvalue weighted by molar-refractivity contribution is 7.89. The Balaban J connectivity index is 1.96. The Bertz CT molecular complexity index is 369. The Kier molecular flexibility index (Phi) is 5.19. The fraction of sp³-hybridized carbons (Fsp3) is 1.00. The summed E-state index contributed by atoms with van der Waals surface area (Å²) in [6.45, 7) is 1.70. The summed E-state index contributed by atoms with van der Waals surface area (Å²) in [7, 11) is -0.0493. The van der Waals surface area contributed by atoms with Crippen LogP contribution >= 0.6 is 0 Å². The third-order valence-corrected chi connectivity index (χ3v) is 5.91. The second kappa shape index (κ2) is 6.49. The maximum Gasteiger partial charge on any atom is 0.215 e. The van der Waals surface area contributed by atoms with Gasteiger partial charge in [-0.15, -0.1) is 0 Å². The molecule has 19 heavy (non-hydrogen) atoms. The zero-order chi connectivity index (χ0) is 13.9. The van der Waals surface area contributed by atoms with Gasteiger partial charge in [-0.05, 0) is 19.4 Å². The zero-order valence-electron chi connectivity index (χ0n) is 11.7. The predicted octanol–water partition coefficient (Wildman–Crippen LogP) is -0.196. The number of hydrogen-bond acceptors (Lipinski definition) is 5. The molecular formula is C12H24N2O4S. The van der Waals surface area contributed by atoms with Crippen LogP contribution in [0.1, 0.15) is 19.3 Å². The molecular weight excluding hydrogens is 268 g/mol. The molecule has 1 N–H and O–H groups in total. The van der Waals surface area contributed by atoms with E-state index in [4.69, 9.17) is 9.47 Å². The molecule has 7 heteroatoms. The van der Waals surface area contributed by atoms with Gasteiger partial charge in [0.05, 0.1) is 18.0 Å². The maximum absolute atomic E-state index is 12.4. The van der Waals surface area contributed by atoms with E-state index in [0.29, 0.717) is 13.1 Å². The average molecular weight is 292 g/mol. The Morgan fingerprint density at radius 2 is 1.79 bits per heavy atom. The lowest BCUT2D eigenvalue weighted by atomic mass is 10.1. The van der Waals surface area contributed by atoms with Crippen molar-refractivity contribution in [2.24, 2.45) is 0 Å². The average Bonchev–Trinajstić information content (AvgIpc) is 2.83. The summed E-state index contributed by atoms with van der Waals surface area (Å²) in [5.41, 5.74) is 0. The lowest BCUT2D eigenvalue weighted by Crippen LogP contribution is -2.44. The summed E-state index contributed by atoms with van der Waals surface area (Å²) >= 11 is 0. The van der Waals surface area contributed by atoms with Crippen LogP contribution in [0.3, 0.4) is 0 Å². The van der Waals surface area contributed by atoms with Crippen molar-refractivity contribution in [3.8, 4) is 0 Å².